The molecule has 0 fully saturated rings. The van der Waals surface area contributed by atoms with Crippen molar-refractivity contribution < 1.29 is 14.6 Å². The summed E-state index contributed by atoms with van der Waals surface area (Å²) in [5.41, 5.74) is 0.282. The SMILES string of the molecule is COc1cc(CNC(C)C)ccc1OCC(C)(C)O. The standard InChI is InChI=1S/C15H25NO3/c1-11(2)16-9-12-6-7-13(14(8-12)18-5)19-10-15(3,4)17/h6-8,11,16-17H,9-10H2,1-5H3. The fourth-order valence-electron chi connectivity index (χ4n) is 1.52. The van der Waals surface area contributed by atoms with Crippen molar-refractivity contribution in [3.8, 4) is 11.5 Å². The van der Waals surface area contributed by atoms with Gasteiger partial charge in [-0.05, 0) is 31.5 Å². The number of nitrogens with one attached hydrogen (secondary N) is 1. The first kappa shape index (κ1) is 15.8. The quantitative estimate of drug-likeness (QED) is 0.796. The second-order valence-corrected chi connectivity index (χ2v) is 5.62. The Labute approximate surface area is 115 Å². The summed E-state index contributed by atoms with van der Waals surface area (Å²) in [6.45, 7) is 8.66. The van der Waals surface area contributed by atoms with Crippen LogP contribution in [0.25, 0.3) is 0 Å². The Bertz CT molecular complexity index is 397. The van der Waals surface area contributed by atoms with Crippen molar-refractivity contribution in [2.24, 2.45) is 0 Å². The van der Waals surface area contributed by atoms with E-state index in [0.29, 0.717) is 17.5 Å². The number of benzene rings is 1. The Morgan fingerprint density at radius 2 is 1.95 bits per heavy atom. The Hall–Kier alpha value is -1.26. The molecule has 0 radical (unpaired) electrons. The molecule has 1 rings (SSSR count). The zero-order chi connectivity index (χ0) is 14.5. The normalized spacial score (nSPS) is 11.7. The molecule has 0 unspecified atom stereocenters. The first-order chi connectivity index (χ1) is 8.81. The van der Waals surface area contributed by atoms with E-state index in [1.165, 1.54) is 0 Å². The highest BCUT2D eigenvalue weighted by Crippen LogP contribution is 2.28. The monoisotopic (exact) mass is 267 g/mol. The summed E-state index contributed by atoms with van der Waals surface area (Å²) >= 11 is 0. The van der Waals surface area contributed by atoms with Gasteiger partial charge in [0.2, 0.25) is 0 Å². The van der Waals surface area contributed by atoms with E-state index >= 15 is 0 Å². The molecule has 0 saturated heterocycles. The molecule has 1 aromatic rings. The van der Waals surface area contributed by atoms with Gasteiger partial charge in [0.05, 0.1) is 12.7 Å². The Balaban J connectivity index is 2.73. The average Bonchev–Trinajstić information content (AvgIpc) is 2.33. The third-order valence-corrected chi connectivity index (χ3v) is 2.52. The number of hydrogen-bond acceptors (Lipinski definition) is 4. The van der Waals surface area contributed by atoms with Crippen molar-refractivity contribution in [3.63, 3.8) is 0 Å². The fourth-order valence-corrected chi connectivity index (χ4v) is 1.52. The van der Waals surface area contributed by atoms with Crippen LogP contribution in [0.4, 0.5) is 0 Å². The molecule has 0 aliphatic carbocycles. The van der Waals surface area contributed by atoms with E-state index in [9.17, 15) is 5.11 Å². The van der Waals surface area contributed by atoms with Gasteiger partial charge in [0.15, 0.2) is 11.5 Å². The lowest BCUT2D eigenvalue weighted by molar-refractivity contribution is 0.0276. The average molecular weight is 267 g/mol. The molecule has 4 heteroatoms. The summed E-state index contributed by atoms with van der Waals surface area (Å²) < 4.78 is 10.9. The summed E-state index contributed by atoms with van der Waals surface area (Å²) in [5, 5.41) is 13.0. The molecular weight excluding hydrogens is 242 g/mol. The predicted molar refractivity (Wildman–Crippen MR) is 76.8 cm³/mol. The molecular formula is C15H25NO3. The molecule has 0 aromatic heterocycles. The van der Waals surface area contributed by atoms with Crippen LogP contribution in [0.3, 0.4) is 0 Å². The molecule has 0 amide bonds. The second kappa shape index (κ2) is 6.78. The van der Waals surface area contributed by atoms with E-state index in [4.69, 9.17) is 9.47 Å². The van der Waals surface area contributed by atoms with Crippen molar-refractivity contribution in [1.29, 1.82) is 0 Å². The van der Waals surface area contributed by atoms with Crippen LogP contribution >= 0.6 is 0 Å². The number of ether oxygens (including phenoxy) is 2. The van der Waals surface area contributed by atoms with E-state index in [1.807, 2.05) is 18.2 Å². The number of hydrogen-bond donors (Lipinski definition) is 2. The van der Waals surface area contributed by atoms with Crippen LogP contribution in [0.1, 0.15) is 33.3 Å². The van der Waals surface area contributed by atoms with E-state index < -0.39 is 5.60 Å². The van der Waals surface area contributed by atoms with Gasteiger partial charge in [0, 0.05) is 12.6 Å². The molecule has 2 N–H and O–H groups in total. The van der Waals surface area contributed by atoms with Gasteiger partial charge in [0.25, 0.3) is 0 Å². The Morgan fingerprint density at radius 1 is 1.26 bits per heavy atom. The van der Waals surface area contributed by atoms with Gasteiger partial charge < -0.3 is 19.9 Å². The molecule has 4 nitrogen and oxygen atoms in total. The van der Waals surface area contributed by atoms with Crippen LogP contribution in [0, 0.1) is 0 Å². The lowest BCUT2D eigenvalue weighted by Crippen LogP contribution is -2.28. The van der Waals surface area contributed by atoms with Crippen LogP contribution in [-0.4, -0.2) is 30.5 Å². The van der Waals surface area contributed by atoms with Gasteiger partial charge in [-0.25, -0.2) is 0 Å². The maximum absolute atomic E-state index is 9.67. The number of aliphatic hydroxyl groups is 1. The highest BCUT2D eigenvalue weighted by atomic mass is 16.5. The molecule has 0 atom stereocenters. The molecule has 0 bridgehead atoms. The lowest BCUT2D eigenvalue weighted by Gasteiger charge is -2.19. The zero-order valence-electron chi connectivity index (χ0n) is 12.5. The Kier molecular flexibility index (Phi) is 5.63. The summed E-state index contributed by atoms with van der Waals surface area (Å²) in [4.78, 5) is 0. The summed E-state index contributed by atoms with van der Waals surface area (Å²) in [6.07, 6.45) is 0. The van der Waals surface area contributed by atoms with E-state index in [-0.39, 0.29) is 6.61 Å². The van der Waals surface area contributed by atoms with E-state index in [0.717, 1.165) is 12.1 Å². The maximum atomic E-state index is 9.67. The van der Waals surface area contributed by atoms with Gasteiger partial charge in [-0.3, -0.25) is 0 Å². The van der Waals surface area contributed by atoms with Gasteiger partial charge in [-0.2, -0.15) is 0 Å². The summed E-state index contributed by atoms with van der Waals surface area (Å²) in [6, 6.07) is 6.27. The highest BCUT2D eigenvalue weighted by molar-refractivity contribution is 5.43. The first-order valence-corrected chi connectivity index (χ1v) is 6.57. The minimum atomic E-state index is -0.858. The number of rotatable bonds is 7. The van der Waals surface area contributed by atoms with E-state index in [2.05, 4.69) is 19.2 Å². The lowest BCUT2D eigenvalue weighted by atomic mass is 10.1. The van der Waals surface area contributed by atoms with Gasteiger partial charge in [-0.1, -0.05) is 19.9 Å². The van der Waals surface area contributed by atoms with Gasteiger partial charge >= 0.3 is 0 Å². The molecule has 19 heavy (non-hydrogen) atoms. The predicted octanol–water partition coefficient (Wildman–Crippen LogP) is 2.34. The summed E-state index contributed by atoms with van der Waals surface area (Å²) in [7, 11) is 1.62. The van der Waals surface area contributed by atoms with Crippen LogP contribution in [-0.2, 0) is 6.54 Å². The van der Waals surface area contributed by atoms with Crippen LogP contribution in [0.5, 0.6) is 11.5 Å². The first-order valence-electron chi connectivity index (χ1n) is 6.57. The van der Waals surface area contributed by atoms with Crippen LogP contribution in [0.15, 0.2) is 18.2 Å². The van der Waals surface area contributed by atoms with Crippen molar-refractivity contribution in [3.05, 3.63) is 23.8 Å². The van der Waals surface area contributed by atoms with Crippen molar-refractivity contribution in [2.75, 3.05) is 13.7 Å². The van der Waals surface area contributed by atoms with Gasteiger partial charge in [-0.15, -0.1) is 0 Å². The zero-order valence-corrected chi connectivity index (χ0v) is 12.5. The minimum absolute atomic E-state index is 0.229. The molecule has 1 aromatic carbocycles. The largest absolute Gasteiger partial charge is 0.493 e. The molecule has 0 heterocycles. The van der Waals surface area contributed by atoms with Crippen LogP contribution in [0.2, 0.25) is 0 Å². The maximum Gasteiger partial charge on any atom is 0.161 e. The fraction of sp³-hybridized carbons (Fsp3) is 0.600. The van der Waals surface area contributed by atoms with Crippen molar-refractivity contribution in [1.82, 2.24) is 5.32 Å². The Morgan fingerprint density at radius 3 is 2.47 bits per heavy atom. The van der Waals surface area contributed by atoms with Gasteiger partial charge in [0.1, 0.15) is 6.61 Å². The van der Waals surface area contributed by atoms with Crippen LogP contribution < -0.4 is 14.8 Å². The second-order valence-electron chi connectivity index (χ2n) is 5.62. The van der Waals surface area contributed by atoms with Crippen molar-refractivity contribution in [2.45, 2.75) is 45.9 Å². The molecule has 0 aliphatic rings. The molecule has 0 aliphatic heterocycles. The van der Waals surface area contributed by atoms with E-state index in [1.54, 1.807) is 21.0 Å². The smallest absolute Gasteiger partial charge is 0.161 e. The third-order valence-electron chi connectivity index (χ3n) is 2.52. The number of methoxy groups -OCH3 is 1. The third kappa shape index (κ3) is 5.94. The minimum Gasteiger partial charge on any atom is -0.493 e. The summed E-state index contributed by atoms with van der Waals surface area (Å²) in [5.74, 6) is 1.34. The topological polar surface area (TPSA) is 50.7 Å². The molecule has 108 valence electrons. The van der Waals surface area contributed by atoms with Crippen molar-refractivity contribution >= 4 is 0 Å². The molecule has 0 spiro atoms. The molecule has 0 saturated carbocycles. The highest BCUT2D eigenvalue weighted by Gasteiger charge is 2.15.